The van der Waals surface area contributed by atoms with Crippen LogP contribution < -0.4 is 4.74 Å². The van der Waals surface area contributed by atoms with Crippen LogP contribution in [0, 0.1) is 0 Å². The van der Waals surface area contributed by atoms with E-state index in [9.17, 15) is 0 Å². The summed E-state index contributed by atoms with van der Waals surface area (Å²) in [4.78, 5) is 0. The first kappa shape index (κ1) is 12.8. The molecule has 1 aromatic heterocycles. The van der Waals surface area contributed by atoms with Crippen molar-refractivity contribution in [3.05, 3.63) is 60.8 Å². The van der Waals surface area contributed by atoms with Crippen molar-refractivity contribution in [2.45, 2.75) is 19.8 Å². The summed E-state index contributed by atoms with van der Waals surface area (Å²) < 4.78 is 8.12. The second kappa shape index (κ2) is 5.83. The lowest BCUT2D eigenvalue weighted by molar-refractivity contribution is 0.308. The fourth-order valence-electron chi connectivity index (χ4n) is 2.40. The van der Waals surface area contributed by atoms with Crippen molar-refractivity contribution in [2.75, 3.05) is 6.61 Å². The van der Waals surface area contributed by atoms with E-state index in [2.05, 4.69) is 60.2 Å². The van der Waals surface area contributed by atoms with Crippen LogP contribution in [0.3, 0.4) is 0 Å². The normalized spacial score (nSPS) is 10.8. The zero-order valence-corrected chi connectivity index (χ0v) is 11.8. The second-order valence-corrected chi connectivity index (χ2v) is 4.91. The van der Waals surface area contributed by atoms with Crippen molar-refractivity contribution >= 4 is 10.9 Å². The summed E-state index contributed by atoms with van der Waals surface area (Å²) in [6, 6.07) is 18.8. The molecule has 2 nitrogen and oxygen atoms in total. The molecule has 0 fully saturated rings. The molecule has 3 aromatic rings. The van der Waals surface area contributed by atoms with Gasteiger partial charge in [0.2, 0.25) is 0 Å². The molecule has 0 aliphatic carbocycles. The highest BCUT2D eigenvalue weighted by molar-refractivity contribution is 5.82. The van der Waals surface area contributed by atoms with Gasteiger partial charge in [0, 0.05) is 6.20 Å². The topological polar surface area (TPSA) is 14.2 Å². The molecule has 0 aliphatic heterocycles. The number of fused-ring (bicyclic) bond motifs is 1. The minimum Gasteiger partial charge on any atom is -0.491 e. The molecule has 0 bridgehead atoms. The van der Waals surface area contributed by atoms with Crippen LogP contribution in [0.15, 0.2) is 60.8 Å². The summed E-state index contributed by atoms with van der Waals surface area (Å²) in [6.07, 6.45) is 4.34. The third-order valence-electron chi connectivity index (χ3n) is 3.48. The Bertz CT molecular complexity index is 699. The fraction of sp³-hybridized carbons (Fsp3) is 0.222. The molecule has 0 unspecified atom stereocenters. The van der Waals surface area contributed by atoms with Crippen molar-refractivity contribution < 1.29 is 4.74 Å². The van der Waals surface area contributed by atoms with Crippen LogP contribution in [0.5, 0.6) is 5.75 Å². The first-order valence-electron chi connectivity index (χ1n) is 7.18. The monoisotopic (exact) mass is 265 g/mol. The molecule has 0 N–H and O–H groups in total. The largest absolute Gasteiger partial charge is 0.491 e. The van der Waals surface area contributed by atoms with Gasteiger partial charge in [0.05, 0.1) is 17.8 Å². The van der Waals surface area contributed by atoms with Gasteiger partial charge in [0.15, 0.2) is 0 Å². The Morgan fingerprint density at radius 1 is 0.950 bits per heavy atom. The highest BCUT2D eigenvalue weighted by Crippen LogP contribution is 2.27. The molecule has 2 heteroatoms. The van der Waals surface area contributed by atoms with Gasteiger partial charge in [-0.15, -0.1) is 0 Å². The van der Waals surface area contributed by atoms with Crippen LogP contribution in [0.1, 0.15) is 19.8 Å². The highest BCUT2D eigenvalue weighted by atomic mass is 16.5. The summed E-state index contributed by atoms with van der Waals surface area (Å²) in [5, 5.41) is 1.25. The van der Waals surface area contributed by atoms with Crippen molar-refractivity contribution in [3.8, 4) is 11.4 Å². The Morgan fingerprint density at radius 2 is 1.75 bits per heavy atom. The Kier molecular flexibility index (Phi) is 3.73. The SMILES string of the molecule is CCCCOc1ccccc1-n1ccc2ccccc21. The number of nitrogens with zero attached hydrogens (tertiary/aromatic N) is 1. The minimum absolute atomic E-state index is 0.771. The minimum atomic E-state index is 0.771. The summed E-state index contributed by atoms with van der Waals surface area (Å²) in [7, 11) is 0. The van der Waals surface area contributed by atoms with Crippen LogP contribution >= 0.6 is 0 Å². The van der Waals surface area contributed by atoms with Crippen molar-refractivity contribution in [3.63, 3.8) is 0 Å². The van der Waals surface area contributed by atoms with Gasteiger partial charge < -0.3 is 9.30 Å². The van der Waals surface area contributed by atoms with Crippen molar-refractivity contribution in [1.29, 1.82) is 0 Å². The van der Waals surface area contributed by atoms with Gasteiger partial charge in [-0.05, 0) is 36.1 Å². The molecular weight excluding hydrogens is 246 g/mol. The average Bonchev–Trinajstić information content (AvgIpc) is 2.92. The Morgan fingerprint density at radius 3 is 2.65 bits per heavy atom. The van der Waals surface area contributed by atoms with Gasteiger partial charge in [0.1, 0.15) is 5.75 Å². The van der Waals surface area contributed by atoms with Gasteiger partial charge in [-0.2, -0.15) is 0 Å². The molecule has 1 heterocycles. The summed E-state index contributed by atoms with van der Waals surface area (Å²) in [5.41, 5.74) is 2.31. The van der Waals surface area contributed by atoms with Crippen LogP contribution in [-0.2, 0) is 0 Å². The van der Waals surface area contributed by atoms with E-state index < -0.39 is 0 Å². The zero-order valence-electron chi connectivity index (χ0n) is 11.8. The summed E-state index contributed by atoms with van der Waals surface area (Å²) in [6.45, 7) is 2.95. The molecule has 0 saturated carbocycles. The smallest absolute Gasteiger partial charge is 0.143 e. The molecule has 3 rings (SSSR count). The first-order chi connectivity index (χ1) is 9.90. The molecule has 0 spiro atoms. The number of aromatic nitrogens is 1. The van der Waals surface area contributed by atoms with E-state index in [1.807, 2.05) is 12.1 Å². The fourth-order valence-corrected chi connectivity index (χ4v) is 2.40. The van der Waals surface area contributed by atoms with Gasteiger partial charge in [-0.25, -0.2) is 0 Å². The number of benzene rings is 2. The number of hydrogen-bond donors (Lipinski definition) is 0. The number of rotatable bonds is 5. The summed E-state index contributed by atoms with van der Waals surface area (Å²) >= 11 is 0. The van der Waals surface area contributed by atoms with E-state index in [1.165, 1.54) is 10.9 Å². The van der Waals surface area contributed by atoms with E-state index in [4.69, 9.17) is 4.74 Å². The second-order valence-electron chi connectivity index (χ2n) is 4.91. The number of hydrogen-bond acceptors (Lipinski definition) is 1. The molecule has 20 heavy (non-hydrogen) atoms. The summed E-state index contributed by atoms with van der Waals surface area (Å²) in [5.74, 6) is 0.947. The number of unbranched alkanes of at least 4 members (excludes halogenated alkanes) is 1. The van der Waals surface area contributed by atoms with E-state index in [0.29, 0.717) is 0 Å². The number of ether oxygens (including phenoxy) is 1. The predicted octanol–water partition coefficient (Wildman–Crippen LogP) is 4.81. The lowest BCUT2D eigenvalue weighted by atomic mass is 10.2. The lowest BCUT2D eigenvalue weighted by Crippen LogP contribution is -2.01. The predicted molar refractivity (Wildman–Crippen MR) is 83.7 cm³/mol. The molecule has 0 aliphatic rings. The Balaban J connectivity index is 2.01. The molecule has 0 atom stereocenters. The van der Waals surface area contributed by atoms with Crippen LogP contribution in [0.2, 0.25) is 0 Å². The maximum atomic E-state index is 5.93. The van der Waals surface area contributed by atoms with Gasteiger partial charge in [-0.1, -0.05) is 43.7 Å². The molecule has 102 valence electrons. The standard InChI is InChI=1S/C18H19NO/c1-2-3-14-20-18-11-7-6-10-17(18)19-13-12-15-8-4-5-9-16(15)19/h4-13H,2-3,14H2,1H3. The van der Waals surface area contributed by atoms with Gasteiger partial charge in [-0.3, -0.25) is 0 Å². The zero-order chi connectivity index (χ0) is 13.8. The molecule has 0 amide bonds. The lowest BCUT2D eigenvalue weighted by Gasteiger charge is -2.13. The molecular formula is C18H19NO. The van der Waals surface area contributed by atoms with E-state index in [0.717, 1.165) is 30.9 Å². The molecule has 2 aromatic carbocycles. The third-order valence-corrected chi connectivity index (χ3v) is 3.48. The highest BCUT2D eigenvalue weighted by Gasteiger charge is 2.07. The van der Waals surface area contributed by atoms with Gasteiger partial charge in [0.25, 0.3) is 0 Å². The maximum Gasteiger partial charge on any atom is 0.143 e. The van der Waals surface area contributed by atoms with Crippen molar-refractivity contribution in [2.24, 2.45) is 0 Å². The molecule has 0 saturated heterocycles. The van der Waals surface area contributed by atoms with Gasteiger partial charge >= 0.3 is 0 Å². The van der Waals surface area contributed by atoms with E-state index in [-0.39, 0.29) is 0 Å². The first-order valence-corrected chi connectivity index (χ1v) is 7.18. The van der Waals surface area contributed by atoms with E-state index in [1.54, 1.807) is 0 Å². The Hall–Kier alpha value is -2.22. The number of para-hydroxylation sites is 3. The van der Waals surface area contributed by atoms with Crippen molar-refractivity contribution in [1.82, 2.24) is 4.57 Å². The average molecular weight is 265 g/mol. The Labute approximate surface area is 119 Å². The van der Waals surface area contributed by atoms with Crippen LogP contribution in [0.25, 0.3) is 16.6 Å². The van der Waals surface area contributed by atoms with Crippen LogP contribution in [0.4, 0.5) is 0 Å². The van der Waals surface area contributed by atoms with Crippen LogP contribution in [-0.4, -0.2) is 11.2 Å². The maximum absolute atomic E-state index is 5.93. The van der Waals surface area contributed by atoms with E-state index >= 15 is 0 Å². The molecule has 0 radical (unpaired) electrons. The quantitative estimate of drug-likeness (QED) is 0.604. The third kappa shape index (κ3) is 2.42.